The van der Waals surface area contributed by atoms with Crippen molar-refractivity contribution in [1.29, 1.82) is 0 Å². The first-order valence-electron chi connectivity index (χ1n) is 7.30. The summed E-state index contributed by atoms with van der Waals surface area (Å²) in [5.74, 6) is 0.193. The molecule has 0 radical (unpaired) electrons. The van der Waals surface area contributed by atoms with Gasteiger partial charge in [0.2, 0.25) is 0 Å². The third-order valence-corrected chi connectivity index (χ3v) is 4.09. The summed E-state index contributed by atoms with van der Waals surface area (Å²) < 4.78 is 8.18. The second kappa shape index (κ2) is 5.39. The Morgan fingerprint density at radius 2 is 2.18 bits per heavy atom. The van der Waals surface area contributed by atoms with Crippen LogP contribution in [0.25, 0.3) is 10.7 Å². The van der Waals surface area contributed by atoms with Crippen molar-refractivity contribution in [3.63, 3.8) is 0 Å². The molecule has 1 fully saturated rings. The van der Waals surface area contributed by atoms with E-state index in [9.17, 15) is 9.59 Å². The van der Waals surface area contributed by atoms with Gasteiger partial charge in [0.1, 0.15) is 12.1 Å². The molecule has 22 heavy (non-hydrogen) atoms. The van der Waals surface area contributed by atoms with Gasteiger partial charge in [-0.1, -0.05) is 6.07 Å². The van der Waals surface area contributed by atoms with E-state index < -0.39 is 11.6 Å². The van der Waals surface area contributed by atoms with Crippen LogP contribution in [0.1, 0.15) is 39.7 Å². The van der Waals surface area contributed by atoms with E-state index in [4.69, 9.17) is 4.74 Å². The Kier molecular flexibility index (Phi) is 3.68. The third kappa shape index (κ3) is 3.14. The van der Waals surface area contributed by atoms with Crippen LogP contribution in [0.3, 0.4) is 0 Å². The van der Waals surface area contributed by atoms with Gasteiger partial charge in [0.25, 0.3) is 0 Å². The maximum Gasteiger partial charge on any atom is 0.347 e. The lowest BCUT2D eigenvalue weighted by Gasteiger charge is -2.19. The highest BCUT2D eigenvalue weighted by molar-refractivity contribution is 7.13. The minimum Gasteiger partial charge on any atom is -0.459 e. The fourth-order valence-corrected chi connectivity index (χ4v) is 2.96. The number of nitrogens with zero attached hydrogens (tertiary/aromatic N) is 3. The minimum absolute atomic E-state index is 0.159. The molecule has 3 rings (SSSR count). The van der Waals surface area contributed by atoms with Crippen molar-refractivity contribution in [2.24, 2.45) is 0 Å². The third-order valence-electron chi connectivity index (χ3n) is 3.22. The summed E-state index contributed by atoms with van der Waals surface area (Å²) in [7, 11) is 0. The van der Waals surface area contributed by atoms with E-state index in [1.165, 1.54) is 16.0 Å². The molecule has 7 heteroatoms. The molecular formula is C15H19N3O3S. The Morgan fingerprint density at radius 1 is 1.45 bits per heavy atom. The summed E-state index contributed by atoms with van der Waals surface area (Å²) in [6.07, 6.45) is 1.97. The number of carbonyl (C=O) groups is 1. The lowest BCUT2D eigenvalue weighted by molar-refractivity contribution is -0.155. The SMILES string of the molecule is CC(C)(C)OC(=O)Cn1nc(-c2cccs2)n(C2CC2)c1=O. The molecule has 0 unspecified atom stereocenters. The Hall–Kier alpha value is -1.89. The van der Waals surface area contributed by atoms with Crippen molar-refractivity contribution < 1.29 is 9.53 Å². The molecule has 6 nitrogen and oxygen atoms in total. The number of rotatable bonds is 4. The molecule has 2 aromatic rings. The summed E-state index contributed by atoms with van der Waals surface area (Å²) in [4.78, 5) is 25.4. The zero-order chi connectivity index (χ0) is 15.9. The van der Waals surface area contributed by atoms with Gasteiger partial charge in [0, 0.05) is 6.04 Å². The molecule has 0 bridgehead atoms. The van der Waals surface area contributed by atoms with Crippen LogP contribution in [-0.2, 0) is 16.1 Å². The first-order chi connectivity index (χ1) is 10.3. The molecule has 2 heterocycles. The van der Waals surface area contributed by atoms with Gasteiger partial charge in [-0.15, -0.1) is 16.4 Å². The number of hydrogen-bond acceptors (Lipinski definition) is 5. The highest BCUT2D eigenvalue weighted by Gasteiger charge is 2.31. The first kappa shape index (κ1) is 15.0. The van der Waals surface area contributed by atoms with E-state index in [2.05, 4.69) is 5.10 Å². The van der Waals surface area contributed by atoms with Crippen LogP contribution < -0.4 is 5.69 Å². The van der Waals surface area contributed by atoms with E-state index in [0.717, 1.165) is 17.7 Å². The van der Waals surface area contributed by atoms with Crippen molar-refractivity contribution in [1.82, 2.24) is 14.3 Å². The van der Waals surface area contributed by atoms with Gasteiger partial charge in [0.15, 0.2) is 5.82 Å². The summed E-state index contributed by atoms with van der Waals surface area (Å²) >= 11 is 1.53. The van der Waals surface area contributed by atoms with Crippen molar-refractivity contribution in [3.8, 4) is 10.7 Å². The fraction of sp³-hybridized carbons (Fsp3) is 0.533. The number of aromatic nitrogens is 3. The molecular weight excluding hydrogens is 302 g/mol. The van der Waals surface area contributed by atoms with Gasteiger partial charge >= 0.3 is 11.7 Å². The van der Waals surface area contributed by atoms with E-state index in [-0.39, 0.29) is 18.3 Å². The zero-order valence-electron chi connectivity index (χ0n) is 12.9. The fourth-order valence-electron chi connectivity index (χ4n) is 2.25. The lowest BCUT2D eigenvalue weighted by atomic mass is 10.2. The Balaban J connectivity index is 1.91. The molecule has 0 aromatic carbocycles. The quantitative estimate of drug-likeness (QED) is 0.811. The molecule has 1 saturated carbocycles. The van der Waals surface area contributed by atoms with Crippen molar-refractivity contribution in [2.45, 2.75) is 51.8 Å². The van der Waals surface area contributed by atoms with E-state index >= 15 is 0 Å². The van der Waals surface area contributed by atoms with E-state index in [1.807, 2.05) is 17.5 Å². The molecule has 1 aliphatic rings. The maximum atomic E-state index is 12.5. The second-order valence-electron chi connectivity index (χ2n) is 6.43. The van der Waals surface area contributed by atoms with Crippen LogP contribution in [0.4, 0.5) is 0 Å². The van der Waals surface area contributed by atoms with Gasteiger partial charge in [-0.3, -0.25) is 9.36 Å². The zero-order valence-corrected chi connectivity index (χ0v) is 13.7. The number of hydrogen-bond donors (Lipinski definition) is 0. The maximum absolute atomic E-state index is 12.5. The topological polar surface area (TPSA) is 66.1 Å². The molecule has 2 aromatic heterocycles. The molecule has 0 spiro atoms. The van der Waals surface area contributed by atoms with E-state index in [0.29, 0.717) is 5.82 Å². The number of thiophene rings is 1. The largest absolute Gasteiger partial charge is 0.459 e. The van der Waals surface area contributed by atoms with Crippen LogP contribution in [0.2, 0.25) is 0 Å². The Labute approximate surface area is 132 Å². The summed E-state index contributed by atoms with van der Waals surface area (Å²) in [5, 5.41) is 6.31. The van der Waals surface area contributed by atoms with Crippen LogP contribution in [0.15, 0.2) is 22.3 Å². The smallest absolute Gasteiger partial charge is 0.347 e. The van der Waals surface area contributed by atoms with Gasteiger partial charge in [0.05, 0.1) is 4.88 Å². The monoisotopic (exact) mass is 321 g/mol. The molecule has 0 N–H and O–H groups in total. The predicted molar refractivity (Wildman–Crippen MR) is 83.9 cm³/mol. The van der Waals surface area contributed by atoms with E-state index in [1.54, 1.807) is 25.3 Å². The van der Waals surface area contributed by atoms with Crippen LogP contribution in [-0.4, -0.2) is 25.9 Å². The predicted octanol–water partition coefficient (Wildman–Crippen LogP) is 2.45. The number of ether oxygens (including phenoxy) is 1. The summed E-state index contributed by atoms with van der Waals surface area (Å²) in [5.41, 5.74) is -0.812. The number of carbonyl (C=O) groups excluding carboxylic acids is 1. The van der Waals surface area contributed by atoms with Crippen molar-refractivity contribution >= 4 is 17.3 Å². The summed E-state index contributed by atoms with van der Waals surface area (Å²) in [6.45, 7) is 5.24. The van der Waals surface area contributed by atoms with Gasteiger partial charge in [-0.2, -0.15) is 0 Å². The van der Waals surface area contributed by atoms with Crippen LogP contribution in [0, 0.1) is 0 Å². The second-order valence-corrected chi connectivity index (χ2v) is 7.38. The lowest BCUT2D eigenvalue weighted by Crippen LogP contribution is -2.31. The standard InChI is InChI=1S/C15H19N3O3S/c1-15(2,3)21-12(19)9-17-14(20)18(10-6-7-10)13(16-17)11-5-4-8-22-11/h4-5,8,10H,6-7,9H2,1-3H3. The molecule has 0 saturated heterocycles. The highest BCUT2D eigenvalue weighted by Crippen LogP contribution is 2.37. The van der Waals surface area contributed by atoms with Crippen molar-refractivity contribution in [2.75, 3.05) is 0 Å². The summed E-state index contributed by atoms with van der Waals surface area (Å²) in [6, 6.07) is 4.06. The molecule has 0 atom stereocenters. The van der Waals surface area contributed by atoms with Gasteiger partial charge in [-0.05, 0) is 45.1 Å². The Bertz CT molecular complexity index is 733. The average molecular weight is 321 g/mol. The number of esters is 1. The van der Waals surface area contributed by atoms with Gasteiger partial charge < -0.3 is 4.74 Å². The van der Waals surface area contributed by atoms with Gasteiger partial charge in [-0.25, -0.2) is 9.48 Å². The average Bonchev–Trinajstić information content (AvgIpc) is 2.97. The first-order valence-corrected chi connectivity index (χ1v) is 8.18. The molecule has 0 amide bonds. The normalized spacial score (nSPS) is 15.0. The molecule has 1 aliphatic carbocycles. The van der Waals surface area contributed by atoms with Crippen LogP contribution >= 0.6 is 11.3 Å². The Morgan fingerprint density at radius 3 is 2.73 bits per heavy atom. The van der Waals surface area contributed by atoms with Crippen molar-refractivity contribution in [3.05, 3.63) is 28.0 Å². The minimum atomic E-state index is -0.573. The van der Waals surface area contributed by atoms with Crippen LogP contribution in [0.5, 0.6) is 0 Å². The highest BCUT2D eigenvalue weighted by atomic mass is 32.1. The molecule has 0 aliphatic heterocycles. The molecule has 118 valence electrons.